The molecule has 0 atom stereocenters. The summed E-state index contributed by atoms with van der Waals surface area (Å²) in [7, 11) is 0. The normalized spacial score (nSPS) is 13.0. The number of fused-ring (bicyclic) bond motifs is 5. The summed E-state index contributed by atoms with van der Waals surface area (Å²) >= 11 is 3.49. The van der Waals surface area contributed by atoms with Crippen molar-refractivity contribution < 1.29 is 0 Å². The summed E-state index contributed by atoms with van der Waals surface area (Å²) in [6, 6.07) is 74.5. The SMILES string of the molecule is CC1(C)c2ccccc2N(c2ccc(-c3ccc(N(c4ccc(-c5nc6ccccc6s5)cc4)c4ccc5ccccc5c4)cc3)cc2)c2ccc(-c3nc4ccccc4s3)cc21. The minimum Gasteiger partial charge on any atom is -0.310 e. The van der Waals surface area contributed by atoms with Crippen LogP contribution in [0, 0.1) is 0 Å². The predicted molar refractivity (Wildman–Crippen MR) is 268 cm³/mol. The van der Waals surface area contributed by atoms with Crippen molar-refractivity contribution in [1.29, 1.82) is 0 Å². The van der Waals surface area contributed by atoms with Gasteiger partial charge in [-0.2, -0.15) is 0 Å². The fourth-order valence-electron chi connectivity index (χ4n) is 9.23. The van der Waals surface area contributed by atoms with Crippen molar-refractivity contribution in [1.82, 2.24) is 9.97 Å². The Kier molecular flexibility index (Phi) is 8.85. The van der Waals surface area contributed by atoms with Gasteiger partial charge >= 0.3 is 0 Å². The van der Waals surface area contributed by atoms with Gasteiger partial charge in [0.25, 0.3) is 0 Å². The number of para-hydroxylation sites is 3. The molecule has 63 heavy (non-hydrogen) atoms. The van der Waals surface area contributed by atoms with Gasteiger partial charge < -0.3 is 9.80 Å². The Morgan fingerprint density at radius 2 is 0.921 bits per heavy atom. The van der Waals surface area contributed by atoms with Crippen LogP contribution in [0.15, 0.2) is 206 Å². The van der Waals surface area contributed by atoms with Gasteiger partial charge in [-0.05, 0) is 142 Å². The highest BCUT2D eigenvalue weighted by molar-refractivity contribution is 7.22. The van der Waals surface area contributed by atoms with Crippen molar-refractivity contribution in [2.24, 2.45) is 0 Å². The largest absolute Gasteiger partial charge is 0.310 e. The Balaban J connectivity index is 0.879. The van der Waals surface area contributed by atoms with E-state index in [1.54, 1.807) is 22.7 Å². The lowest BCUT2D eigenvalue weighted by Crippen LogP contribution is -2.30. The zero-order valence-corrected chi connectivity index (χ0v) is 36.4. The number of anilines is 6. The maximum absolute atomic E-state index is 5.02. The summed E-state index contributed by atoms with van der Waals surface area (Å²) < 4.78 is 2.41. The lowest BCUT2D eigenvalue weighted by molar-refractivity contribution is 0.632. The number of rotatable bonds is 7. The van der Waals surface area contributed by atoms with E-state index >= 15 is 0 Å². The summed E-state index contributed by atoms with van der Waals surface area (Å²) in [5, 5.41) is 4.51. The van der Waals surface area contributed by atoms with Crippen LogP contribution in [0.1, 0.15) is 25.0 Å². The van der Waals surface area contributed by atoms with Crippen LogP contribution in [0.2, 0.25) is 0 Å². The van der Waals surface area contributed by atoms with E-state index in [9.17, 15) is 0 Å². The number of aromatic nitrogens is 2. The van der Waals surface area contributed by atoms with E-state index in [1.165, 1.54) is 48.2 Å². The number of hydrogen-bond acceptors (Lipinski definition) is 6. The third-order valence-corrected chi connectivity index (χ3v) is 14.7. The molecule has 12 rings (SSSR count). The number of benzene rings is 9. The minimum atomic E-state index is -0.198. The van der Waals surface area contributed by atoms with Crippen LogP contribution in [0.5, 0.6) is 0 Å². The summed E-state index contributed by atoms with van der Waals surface area (Å²) in [5.41, 5.74) is 15.9. The van der Waals surface area contributed by atoms with Gasteiger partial charge in [0.1, 0.15) is 10.0 Å². The van der Waals surface area contributed by atoms with Crippen molar-refractivity contribution in [2.75, 3.05) is 9.80 Å². The molecule has 0 fully saturated rings. The summed E-state index contributed by atoms with van der Waals surface area (Å²) in [6.07, 6.45) is 0. The molecule has 1 aliphatic heterocycles. The summed E-state index contributed by atoms with van der Waals surface area (Å²) in [6.45, 7) is 4.69. The van der Waals surface area contributed by atoms with Crippen LogP contribution in [0.3, 0.4) is 0 Å². The zero-order chi connectivity index (χ0) is 42.1. The Hall–Kier alpha value is -7.38. The molecular weight excluding hydrogens is 805 g/mol. The van der Waals surface area contributed by atoms with E-state index < -0.39 is 0 Å². The molecule has 0 amide bonds. The fraction of sp³-hybridized carbons (Fsp3) is 0.0526. The van der Waals surface area contributed by atoms with Crippen LogP contribution in [-0.2, 0) is 5.41 Å². The second-order valence-corrected chi connectivity index (χ2v) is 18.8. The lowest BCUT2D eigenvalue weighted by Gasteiger charge is -2.42. The van der Waals surface area contributed by atoms with Gasteiger partial charge in [0, 0.05) is 39.3 Å². The van der Waals surface area contributed by atoms with Gasteiger partial charge in [-0.3, -0.25) is 0 Å². The van der Waals surface area contributed by atoms with Gasteiger partial charge in [0.2, 0.25) is 0 Å². The van der Waals surface area contributed by atoms with Gasteiger partial charge in [-0.25, -0.2) is 9.97 Å². The molecule has 0 radical (unpaired) electrons. The molecule has 0 unspecified atom stereocenters. The molecule has 0 bridgehead atoms. The predicted octanol–water partition coefficient (Wildman–Crippen LogP) is 16.6. The van der Waals surface area contributed by atoms with Gasteiger partial charge in [0.15, 0.2) is 0 Å². The average Bonchev–Trinajstić information content (AvgIpc) is 3.98. The van der Waals surface area contributed by atoms with E-state index in [-0.39, 0.29) is 5.41 Å². The Labute approximate surface area is 374 Å². The Morgan fingerprint density at radius 1 is 0.413 bits per heavy atom. The highest BCUT2D eigenvalue weighted by Crippen LogP contribution is 2.53. The molecular formula is C57H40N4S2. The minimum absolute atomic E-state index is 0.198. The van der Waals surface area contributed by atoms with Crippen LogP contribution in [0.4, 0.5) is 34.1 Å². The molecule has 1 aliphatic rings. The molecule has 2 aromatic heterocycles. The van der Waals surface area contributed by atoms with Crippen molar-refractivity contribution in [3.63, 3.8) is 0 Å². The first kappa shape index (κ1) is 37.4. The molecule has 0 saturated carbocycles. The highest BCUT2D eigenvalue weighted by atomic mass is 32.1. The van der Waals surface area contributed by atoms with Gasteiger partial charge in [-0.1, -0.05) is 111 Å². The molecule has 9 aromatic carbocycles. The van der Waals surface area contributed by atoms with Crippen molar-refractivity contribution >= 4 is 88.0 Å². The van der Waals surface area contributed by atoms with Gasteiger partial charge in [-0.15, -0.1) is 22.7 Å². The van der Waals surface area contributed by atoms with Crippen molar-refractivity contribution in [3.05, 3.63) is 217 Å². The number of thiazole rings is 2. The topological polar surface area (TPSA) is 32.3 Å². The average molecular weight is 845 g/mol. The first-order valence-corrected chi connectivity index (χ1v) is 22.9. The molecule has 300 valence electrons. The smallest absolute Gasteiger partial charge is 0.124 e. The third kappa shape index (κ3) is 6.49. The summed E-state index contributed by atoms with van der Waals surface area (Å²) in [5.74, 6) is 0. The van der Waals surface area contributed by atoms with Crippen molar-refractivity contribution in [2.45, 2.75) is 19.3 Å². The van der Waals surface area contributed by atoms with Crippen LogP contribution in [-0.4, -0.2) is 9.97 Å². The molecule has 6 heteroatoms. The Bertz CT molecular complexity index is 3430. The molecule has 0 N–H and O–H groups in total. The van der Waals surface area contributed by atoms with Crippen LogP contribution in [0.25, 0.3) is 63.5 Å². The molecule has 11 aromatic rings. The molecule has 3 heterocycles. The molecule has 4 nitrogen and oxygen atoms in total. The van der Waals surface area contributed by atoms with E-state index in [1.807, 2.05) is 6.07 Å². The monoisotopic (exact) mass is 844 g/mol. The third-order valence-electron chi connectivity index (χ3n) is 12.5. The second kappa shape index (κ2) is 14.9. The van der Waals surface area contributed by atoms with E-state index in [2.05, 4.69) is 224 Å². The zero-order valence-electron chi connectivity index (χ0n) is 34.7. The highest BCUT2D eigenvalue weighted by Gasteiger charge is 2.37. The molecule has 0 aliphatic carbocycles. The van der Waals surface area contributed by atoms with E-state index in [4.69, 9.17) is 9.97 Å². The number of hydrogen-bond donors (Lipinski definition) is 0. The maximum atomic E-state index is 5.02. The Morgan fingerprint density at radius 3 is 1.59 bits per heavy atom. The molecule has 0 saturated heterocycles. The van der Waals surface area contributed by atoms with Crippen LogP contribution < -0.4 is 9.80 Å². The maximum Gasteiger partial charge on any atom is 0.124 e. The first-order chi connectivity index (χ1) is 30.9. The second-order valence-electron chi connectivity index (χ2n) is 16.7. The summed E-state index contributed by atoms with van der Waals surface area (Å²) in [4.78, 5) is 14.7. The first-order valence-electron chi connectivity index (χ1n) is 21.3. The van der Waals surface area contributed by atoms with E-state index in [0.29, 0.717) is 0 Å². The standard InChI is InChI=1S/C57H40N4S2/c1-57(2)47-13-5-8-16-51(47)61(52-34-26-42(36-48(52)57)56-59-50-15-7-10-18-54(50)63-56)45-29-21-39(22-30-45)38-19-27-43(28-20-38)60(46-33-23-37-11-3-4-12-41(37)35-46)44-31-24-40(25-32-44)55-58-49-14-6-9-17-53(49)62-55/h3-36H,1-2H3. The fourth-order valence-corrected chi connectivity index (χ4v) is 11.2. The van der Waals surface area contributed by atoms with Crippen LogP contribution >= 0.6 is 22.7 Å². The quantitative estimate of drug-likeness (QED) is 0.160. The van der Waals surface area contributed by atoms with Crippen molar-refractivity contribution in [3.8, 4) is 32.3 Å². The molecule has 0 spiro atoms. The number of nitrogens with zero attached hydrogens (tertiary/aromatic N) is 4. The van der Waals surface area contributed by atoms with Gasteiger partial charge in [0.05, 0.1) is 31.8 Å². The lowest BCUT2D eigenvalue weighted by atomic mass is 9.73. The van der Waals surface area contributed by atoms with E-state index in [0.717, 1.165) is 60.5 Å².